The monoisotopic (exact) mass is 579 g/mol. The summed E-state index contributed by atoms with van der Waals surface area (Å²) >= 11 is 0. The number of rotatable bonds is 6. The molecule has 1 atom stereocenters. The van der Waals surface area contributed by atoms with Crippen LogP contribution < -0.4 is 4.90 Å². The lowest BCUT2D eigenvalue weighted by atomic mass is 9.78. The molecule has 4 aromatic rings. The van der Waals surface area contributed by atoms with Crippen LogP contribution in [0, 0.1) is 17.2 Å². The van der Waals surface area contributed by atoms with Crippen molar-refractivity contribution in [3.05, 3.63) is 96.2 Å². The van der Waals surface area contributed by atoms with E-state index in [1.165, 1.54) is 17.7 Å². The SMILES string of the molecule is N#CC(c1nc2ccccc2nc1N1CCN(C(=O)C2CCC(c3ccccc3)CC2)CC1)S(=O)(=O)c1ccccc1. The van der Waals surface area contributed by atoms with Crippen molar-refractivity contribution in [2.75, 3.05) is 31.1 Å². The van der Waals surface area contributed by atoms with Crippen LogP contribution in [0.15, 0.2) is 89.8 Å². The number of carbonyl (C=O) groups is 1. The first kappa shape index (κ1) is 27.9. The molecular formula is C33H33N5O3S. The van der Waals surface area contributed by atoms with Crippen molar-refractivity contribution in [3.63, 3.8) is 0 Å². The first-order chi connectivity index (χ1) is 20.5. The van der Waals surface area contributed by atoms with Gasteiger partial charge in [0.05, 0.1) is 22.0 Å². The van der Waals surface area contributed by atoms with Crippen LogP contribution in [0.2, 0.25) is 0 Å². The number of fused-ring (bicyclic) bond motifs is 1. The zero-order valence-electron chi connectivity index (χ0n) is 23.3. The number of para-hydroxylation sites is 2. The molecule has 2 aliphatic rings. The van der Waals surface area contributed by atoms with Crippen LogP contribution in [0.5, 0.6) is 0 Å². The summed E-state index contributed by atoms with van der Waals surface area (Å²) < 4.78 is 27.2. The Kier molecular flexibility index (Phi) is 7.90. The summed E-state index contributed by atoms with van der Waals surface area (Å²) in [6.07, 6.45) is 3.81. The number of carbonyl (C=O) groups excluding carboxylic acids is 1. The van der Waals surface area contributed by atoms with Crippen molar-refractivity contribution in [1.29, 1.82) is 5.26 Å². The second-order valence-electron chi connectivity index (χ2n) is 11.1. The second kappa shape index (κ2) is 11.9. The maximum absolute atomic E-state index is 13.6. The number of hydrogen-bond acceptors (Lipinski definition) is 7. The van der Waals surface area contributed by atoms with Crippen molar-refractivity contribution in [2.45, 2.75) is 41.7 Å². The van der Waals surface area contributed by atoms with E-state index in [4.69, 9.17) is 4.98 Å². The highest BCUT2D eigenvalue weighted by Crippen LogP contribution is 2.37. The standard InChI is InChI=1S/C33H33N5O3S/c34-23-30(42(40,41)27-11-5-2-6-12-27)31-32(36-29-14-8-7-13-28(29)35-31)37-19-21-38(22-20-37)33(39)26-17-15-25(16-18-26)24-9-3-1-4-10-24/h1-14,25-26,30H,15-22H2. The molecular weight excluding hydrogens is 546 g/mol. The van der Waals surface area contributed by atoms with Crippen molar-refractivity contribution in [3.8, 4) is 6.07 Å². The quantitative estimate of drug-likeness (QED) is 0.305. The first-order valence-electron chi connectivity index (χ1n) is 14.5. The lowest BCUT2D eigenvalue weighted by Crippen LogP contribution is -2.51. The number of amides is 1. The van der Waals surface area contributed by atoms with Gasteiger partial charge in [-0.15, -0.1) is 0 Å². The molecule has 0 spiro atoms. The Morgan fingerprint density at radius 1 is 0.786 bits per heavy atom. The Morgan fingerprint density at radius 2 is 1.36 bits per heavy atom. The minimum absolute atomic E-state index is 0.0338. The van der Waals surface area contributed by atoms with E-state index in [1.807, 2.05) is 40.1 Å². The lowest BCUT2D eigenvalue weighted by molar-refractivity contribution is -0.137. The van der Waals surface area contributed by atoms with Gasteiger partial charge in [-0.2, -0.15) is 5.26 Å². The lowest BCUT2D eigenvalue weighted by Gasteiger charge is -2.39. The van der Waals surface area contributed by atoms with E-state index in [-0.39, 0.29) is 22.4 Å². The molecule has 0 bridgehead atoms. The summed E-state index contributed by atoms with van der Waals surface area (Å²) in [5, 5.41) is 8.63. The normalized spacial score (nSPS) is 20.2. The van der Waals surface area contributed by atoms with E-state index < -0.39 is 15.1 Å². The molecule has 1 saturated heterocycles. The van der Waals surface area contributed by atoms with Gasteiger partial charge in [0.15, 0.2) is 11.1 Å². The van der Waals surface area contributed by atoms with Crippen LogP contribution in [-0.4, -0.2) is 55.4 Å². The summed E-state index contributed by atoms with van der Waals surface area (Å²) in [6.45, 7) is 1.98. The molecule has 8 nitrogen and oxygen atoms in total. The Hall–Kier alpha value is -4.29. The summed E-state index contributed by atoms with van der Waals surface area (Å²) in [5.74, 6) is 1.13. The van der Waals surface area contributed by atoms with Crippen LogP contribution in [0.4, 0.5) is 5.82 Å². The molecule has 2 fully saturated rings. The molecule has 1 aliphatic heterocycles. The van der Waals surface area contributed by atoms with E-state index >= 15 is 0 Å². The van der Waals surface area contributed by atoms with Gasteiger partial charge < -0.3 is 9.80 Å². The number of piperazine rings is 1. The van der Waals surface area contributed by atoms with Crippen LogP contribution in [-0.2, 0) is 14.6 Å². The molecule has 214 valence electrons. The van der Waals surface area contributed by atoms with Gasteiger partial charge in [0.1, 0.15) is 5.69 Å². The number of hydrogen-bond donors (Lipinski definition) is 0. The Labute approximate surface area is 246 Å². The van der Waals surface area contributed by atoms with Crippen molar-refractivity contribution >= 4 is 32.6 Å². The average molecular weight is 580 g/mol. The largest absolute Gasteiger partial charge is 0.351 e. The molecule has 1 aromatic heterocycles. The average Bonchev–Trinajstić information content (AvgIpc) is 3.05. The zero-order chi connectivity index (χ0) is 29.1. The summed E-state index contributed by atoms with van der Waals surface area (Å²) in [4.78, 5) is 26.9. The van der Waals surface area contributed by atoms with Gasteiger partial charge in [-0.1, -0.05) is 60.7 Å². The maximum atomic E-state index is 13.6. The molecule has 6 rings (SSSR count). The highest BCUT2D eigenvalue weighted by molar-refractivity contribution is 7.92. The summed E-state index contributed by atoms with van der Waals surface area (Å²) in [6, 6.07) is 27.8. The van der Waals surface area contributed by atoms with Crippen LogP contribution in [0.25, 0.3) is 11.0 Å². The highest BCUT2D eigenvalue weighted by atomic mass is 32.2. The van der Waals surface area contributed by atoms with Gasteiger partial charge in [-0.3, -0.25) is 4.79 Å². The highest BCUT2D eigenvalue weighted by Gasteiger charge is 2.37. The van der Waals surface area contributed by atoms with E-state index in [0.717, 1.165) is 25.7 Å². The fourth-order valence-electron chi connectivity index (χ4n) is 6.23. The van der Waals surface area contributed by atoms with Crippen molar-refractivity contribution in [2.24, 2.45) is 5.92 Å². The van der Waals surface area contributed by atoms with Gasteiger partial charge in [0.2, 0.25) is 15.7 Å². The fraction of sp³-hybridized carbons (Fsp3) is 0.333. The topological polar surface area (TPSA) is 107 Å². The second-order valence-corrected chi connectivity index (χ2v) is 13.1. The van der Waals surface area contributed by atoms with E-state index in [2.05, 4.69) is 29.2 Å². The van der Waals surface area contributed by atoms with Crippen LogP contribution >= 0.6 is 0 Å². The predicted molar refractivity (Wildman–Crippen MR) is 161 cm³/mol. The Bertz CT molecular complexity index is 1710. The number of aromatic nitrogens is 2. The summed E-state index contributed by atoms with van der Waals surface area (Å²) in [5.41, 5.74) is 2.63. The van der Waals surface area contributed by atoms with Gasteiger partial charge in [0.25, 0.3) is 0 Å². The molecule has 3 aromatic carbocycles. The molecule has 2 heterocycles. The van der Waals surface area contributed by atoms with Crippen molar-refractivity contribution < 1.29 is 13.2 Å². The van der Waals surface area contributed by atoms with Crippen molar-refractivity contribution in [1.82, 2.24) is 14.9 Å². The van der Waals surface area contributed by atoms with Gasteiger partial charge in [0, 0.05) is 32.1 Å². The van der Waals surface area contributed by atoms with Crippen LogP contribution in [0.1, 0.15) is 48.1 Å². The number of sulfone groups is 1. The minimum atomic E-state index is -4.05. The van der Waals surface area contributed by atoms with E-state index in [9.17, 15) is 18.5 Å². The molecule has 0 N–H and O–H groups in total. The molecule has 1 amide bonds. The van der Waals surface area contributed by atoms with Gasteiger partial charge >= 0.3 is 0 Å². The molecule has 1 unspecified atom stereocenters. The number of benzene rings is 3. The zero-order valence-corrected chi connectivity index (χ0v) is 24.2. The Morgan fingerprint density at radius 3 is 1.98 bits per heavy atom. The van der Waals surface area contributed by atoms with E-state index in [1.54, 1.807) is 24.3 Å². The van der Waals surface area contributed by atoms with Crippen LogP contribution in [0.3, 0.4) is 0 Å². The molecule has 9 heteroatoms. The third kappa shape index (κ3) is 5.47. The maximum Gasteiger partial charge on any atom is 0.225 e. The van der Waals surface area contributed by atoms with Gasteiger partial charge in [-0.05, 0) is 61.4 Å². The number of nitrogens with zero attached hydrogens (tertiary/aromatic N) is 5. The van der Waals surface area contributed by atoms with Gasteiger partial charge in [-0.25, -0.2) is 18.4 Å². The number of nitriles is 1. The Balaban J connectivity index is 1.20. The minimum Gasteiger partial charge on any atom is -0.351 e. The molecule has 0 radical (unpaired) electrons. The van der Waals surface area contributed by atoms with E-state index in [0.29, 0.717) is 48.9 Å². The molecule has 1 saturated carbocycles. The molecule has 42 heavy (non-hydrogen) atoms. The predicted octanol–water partition coefficient (Wildman–Crippen LogP) is 5.29. The fourth-order valence-corrected chi connectivity index (χ4v) is 7.63. The molecule has 1 aliphatic carbocycles. The number of anilines is 1. The smallest absolute Gasteiger partial charge is 0.225 e. The third-order valence-corrected chi connectivity index (χ3v) is 10.4. The summed E-state index contributed by atoms with van der Waals surface area (Å²) in [7, 11) is -4.05. The first-order valence-corrected chi connectivity index (χ1v) is 16.0. The third-order valence-electron chi connectivity index (χ3n) is 8.56.